The molecule has 2 aromatic heterocycles. The molecule has 0 aliphatic heterocycles. The number of ether oxygens (including phenoxy) is 1. The molecule has 0 spiro atoms. The molecule has 4 nitrogen and oxygen atoms in total. The normalized spacial score (nSPS) is 12.6. The first-order valence-electron chi connectivity index (χ1n) is 6.81. The largest absolute Gasteiger partial charge is 0.382 e. The summed E-state index contributed by atoms with van der Waals surface area (Å²) in [6, 6.07) is 4.17. The number of hydrogen-bond acceptors (Lipinski definition) is 4. The van der Waals surface area contributed by atoms with Crippen molar-refractivity contribution in [3.8, 4) is 0 Å². The highest BCUT2D eigenvalue weighted by Crippen LogP contribution is 2.28. The Hall–Kier alpha value is -1.04. The average Bonchev–Trinajstić information content (AvgIpc) is 3.04. The van der Waals surface area contributed by atoms with Crippen LogP contribution in [0.15, 0.2) is 24.5 Å². The maximum Gasteiger partial charge on any atom is 0.203 e. The van der Waals surface area contributed by atoms with Crippen molar-refractivity contribution in [2.45, 2.75) is 32.9 Å². The van der Waals surface area contributed by atoms with Crippen LogP contribution in [0.3, 0.4) is 0 Å². The summed E-state index contributed by atoms with van der Waals surface area (Å²) in [6.07, 6.45) is 4.79. The highest BCUT2D eigenvalue weighted by atomic mass is 35.5. The highest BCUT2D eigenvalue weighted by molar-refractivity contribution is 7.16. The van der Waals surface area contributed by atoms with E-state index in [4.69, 9.17) is 16.3 Å². The highest BCUT2D eigenvalue weighted by Gasteiger charge is 2.11. The van der Waals surface area contributed by atoms with Crippen LogP contribution in [-0.2, 0) is 11.3 Å². The predicted molar refractivity (Wildman–Crippen MR) is 84.7 cm³/mol. The first-order valence-corrected chi connectivity index (χ1v) is 8.00. The van der Waals surface area contributed by atoms with E-state index in [9.17, 15) is 0 Å². The number of hydrogen-bond donors (Lipinski definition) is 1. The van der Waals surface area contributed by atoms with E-state index in [1.165, 1.54) is 4.88 Å². The van der Waals surface area contributed by atoms with Crippen molar-refractivity contribution in [3.63, 3.8) is 0 Å². The molecule has 2 heterocycles. The van der Waals surface area contributed by atoms with Crippen LogP contribution in [0.4, 0.5) is 5.95 Å². The van der Waals surface area contributed by atoms with Gasteiger partial charge in [-0.3, -0.25) is 0 Å². The molecule has 110 valence electrons. The summed E-state index contributed by atoms with van der Waals surface area (Å²) in [5.41, 5.74) is 0. The van der Waals surface area contributed by atoms with Crippen LogP contribution in [-0.4, -0.2) is 22.8 Å². The van der Waals surface area contributed by atoms with Crippen molar-refractivity contribution in [1.29, 1.82) is 0 Å². The molecule has 0 fully saturated rings. The molecule has 0 amide bonds. The van der Waals surface area contributed by atoms with Gasteiger partial charge in [-0.2, -0.15) is 0 Å². The Bertz CT molecular complexity index is 526. The lowest BCUT2D eigenvalue weighted by Crippen LogP contribution is -2.11. The third kappa shape index (κ3) is 4.23. The van der Waals surface area contributed by atoms with Crippen LogP contribution >= 0.6 is 22.9 Å². The second kappa shape index (κ2) is 7.67. The third-order valence-electron chi connectivity index (χ3n) is 2.97. The molecule has 0 saturated carbocycles. The van der Waals surface area contributed by atoms with Crippen LogP contribution < -0.4 is 5.32 Å². The number of aromatic nitrogens is 2. The number of imidazole rings is 1. The van der Waals surface area contributed by atoms with Gasteiger partial charge in [-0.05, 0) is 32.4 Å². The third-order valence-corrected chi connectivity index (χ3v) is 4.39. The summed E-state index contributed by atoms with van der Waals surface area (Å²) in [5, 5.41) is 3.42. The van der Waals surface area contributed by atoms with E-state index >= 15 is 0 Å². The number of nitrogens with one attached hydrogen (secondary N) is 1. The van der Waals surface area contributed by atoms with E-state index < -0.39 is 0 Å². The van der Waals surface area contributed by atoms with Crippen molar-refractivity contribution in [3.05, 3.63) is 33.7 Å². The lowest BCUT2D eigenvalue weighted by molar-refractivity contribution is 0.142. The van der Waals surface area contributed by atoms with Gasteiger partial charge in [0.15, 0.2) is 0 Å². The van der Waals surface area contributed by atoms with Gasteiger partial charge < -0.3 is 14.6 Å². The summed E-state index contributed by atoms with van der Waals surface area (Å²) < 4.78 is 8.29. The van der Waals surface area contributed by atoms with E-state index in [2.05, 4.69) is 21.8 Å². The van der Waals surface area contributed by atoms with Crippen molar-refractivity contribution >= 4 is 28.9 Å². The molecule has 1 atom stereocenters. The van der Waals surface area contributed by atoms with Crippen molar-refractivity contribution < 1.29 is 4.74 Å². The van der Waals surface area contributed by atoms with Gasteiger partial charge in [-0.25, -0.2) is 4.98 Å². The molecule has 20 heavy (non-hydrogen) atoms. The van der Waals surface area contributed by atoms with E-state index in [-0.39, 0.29) is 6.04 Å². The number of rotatable bonds is 8. The Labute approximate surface area is 128 Å². The van der Waals surface area contributed by atoms with Crippen molar-refractivity contribution in [2.24, 2.45) is 0 Å². The molecule has 6 heteroatoms. The smallest absolute Gasteiger partial charge is 0.203 e. The molecular weight excluding hydrogens is 294 g/mol. The van der Waals surface area contributed by atoms with Crippen molar-refractivity contribution in [2.75, 3.05) is 18.5 Å². The molecule has 1 unspecified atom stereocenters. The molecule has 0 saturated heterocycles. The SMILES string of the molecule is CCOCCCn1ccnc1NC(C)c1ccc(Cl)s1. The minimum absolute atomic E-state index is 0.195. The minimum Gasteiger partial charge on any atom is -0.382 e. The average molecular weight is 314 g/mol. The summed E-state index contributed by atoms with van der Waals surface area (Å²) in [6.45, 7) is 6.58. The maximum absolute atomic E-state index is 5.97. The van der Waals surface area contributed by atoms with Crippen molar-refractivity contribution in [1.82, 2.24) is 9.55 Å². The second-order valence-corrected chi connectivity index (χ2v) is 6.25. The zero-order chi connectivity index (χ0) is 14.4. The van der Waals surface area contributed by atoms with E-state index in [0.29, 0.717) is 0 Å². The monoisotopic (exact) mass is 313 g/mol. The zero-order valence-electron chi connectivity index (χ0n) is 11.8. The summed E-state index contributed by atoms with van der Waals surface area (Å²) in [5.74, 6) is 0.888. The Kier molecular flexibility index (Phi) is 5.88. The maximum atomic E-state index is 5.97. The van der Waals surface area contributed by atoms with Crippen LogP contribution in [0, 0.1) is 0 Å². The van der Waals surface area contributed by atoms with E-state index in [0.717, 1.165) is 36.5 Å². The first kappa shape index (κ1) is 15.4. The fourth-order valence-electron chi connectivity index (χ4n) is 1.94. The molecule has 0 aliphatic rings. The summed E-state index contributed by atoms with van der Waals surface area (Å²) in [4.78, 5) is 5.58. The fourth-order valence-corrected chi connectivity index (χ4v) is 3.00. The first-order chi connectivity index (χ1) is 9.70. The lowest BCUT2D eigenvalue weighted by atomic mass is 10.3. The molecule has 2 aromatic rings. The summed E-state index contributed by atoms with van der Waals surface area (Å²) >= 11 is 7.57. The molecule has 0 bridgehead atoms. The van der Waals surface area contributed by atoms with Crippen LogP contribution in [0.1, 0.15) is 31.2 Å². The number of halogens is 1. The van der Waals surface area contributed by atoms with Gasteiger partial charge in [0.05, 0.1) is 10.4 Å². The number of thiophene rings is 1. The Morgan fingerprint density at radius 2 is 2.35 bits per heavy atom. The van der Waals surface area contributed by atoms with Gasteiger partial charge in [0.1, 0.15) is 0 Å². The summed E-state index contributed by atoms with van der Waals surface area (Å²) in [7, 11) is 0. The fraction of sp³-hybridized carbons (Fsp3) is 0.500. The Balaban J connectivity index is 1.91. The van der Waals surface area contributed by atoms with E-state index in [1.807, 2.05) is 31.5 Å². The zero-order valence-corrected chi connectivity index (χ0v) is 13.4. The van der Waals surface area contributed by atoms with Gasteiger partial charge in [-0.15, -0.1) is 11.3 Å². The molecule has 2 rings (SSSR count). The molecule has 0 aliphatic carbocycles. The number of nitrogens with zero attached hydrogens (tertiary/aromatic N) is 2. The quantitative estimate of drug-likeness (QED) is 0.742. The predicted octanol–water partition coefficient (Wildman–Crippen LogP) is 4.20. The van der Waals surface area contributed by atoms with Gasteiger partial charge >= 0.3 is 0 Å². The van der Waals surface area contributed by atoms with Gasteiger partial charge in [0.2, 0.25) is 5.95 Å². The number of aryl methyl sites for hydroxylation is 1. The van der Waals surface area contributed by atoms with Gasteiger partial charge in [0, 0.05) is 37.0 Å². The van der Waals surface area contributed by atoms with Gasteiger partial charge in [0.25, 0.3) is 0 Å². The number of anilines is 1. The molecule has 0 radical (unpaired) electrons. The standard InChI is InChI=1S/C14H20ClN3OS/c1-3-19-10-4-8-18-9-7-16-14(18)17-11(2)12-5-6-13(15)20-12/h5-7,9,11H,3-4,8,10H2,1-2H3,(H,16,17). The van der Waals surface area contributed by atoms with Crippen LogP contribution in [0.25, 0.3) is 0 Å². The Morgan fingerprint density at radius 1 is 1.50 bits per heavy atom. The molecule has 1 N–H and O–H groups in total. The van der Waals surface area contributed by atoms with Gasteiger partial charge in [-0.1, -0.05) is 11.6 Å². The Morgan fingerprint density at radius 3 is 3.05 bits per heavy atom. The van der Waals surface area contributed by atoms with Crippen LogP contribution in [0.5, 0.6) is 0 Å². The minimum atomic E-state index is 0.195. The lowest BCUT2D eigenvalue weighted by Gasteiger charge is -2.14. The second-order valence-electron chi connectivity index (χ2n) is 4.50. The van der Waals surface area contributed by atoms with Crippen LogP contribution in [0.2, 0.25) is 4.34 Å². The van der Waals surface area contributed by atoms with E-state index in [1.54, 1.807) is 11.3 Å². The molecular formula is C14H20ClN3OS. The molecule has 0 aromatic carbocycles. The topological polar surface area (TPSA) is 39.1 Å².